The number of carbonyl (C=O) groups is 1. The summed E-state index contributed by atoms with van der Waals surface area (Å²) in [5.41, 5.74) is 0.189. The number of piperidine rings is 1. The molecule has 23 heavy (non-hydrogen) atoms. The first-order chi connectivity index (χ1) is 10.8. The molecule has 0 aromatic carbocycles. The standard InChI is InChI=1S/C15H22BN5O2/c1-15(2,3)21-12-10(7-17-21)13(22)19-11(18-12)9-5-4-6-20(8-9)14(16)23/h7,9H,4-6,8,16H2,1-3H3,(H,18,19,22). The summed E-state index contributed by atoms with van der Waals surface area (Å²) in [4.78, 5) is 33.4. The molecule has 1 aliphatic heterocycles. The number of amides is 1. The van der Waals surface area contributed by atoms with E-state index in [9.17, 15) is 9.59 Å². The summed E-state index contributed by atoms with van der Waals surface area (Å²) >= 11 is 0. The first-order valence-corrected chi connectivity index (χ1v) is 8.01. The lowest BCUT2D eigenvalue weighted by atomic mass is 9.95. The number of aromatic amines is 1. The predicted octanol–water partition coefficient (Wildman–Crippen LogP) is 0.807. The average Bonchev–Trinajstić information content (AvgIpc) is 2.92. The Balaban J connectivity index is 2.05. The topological polar surface area (TPSA) is 83.9 Å². The molecule has 0 saturated carbocycles. The van der Waals surface area contributed by atoms with Crippen molar-refractivity contribution in [3.05, 3.63) is 22.4 Å². The second kappa shape index (κ2) is 5.51. The fourth-order valence-corrected chi connectivity index (χ4v) is 3.11. The van der Waals surface area contributed by atoms with Gasteiger partial charge in [0.05, 0.1) is 11.7 Å². The van der Waals surface area contributed by atoms with Crippen molar-refractivity contribution in [2.45, 2.75) is 45.1 Å². The second-order valence-electron chi connectivity index (χ2n) is 7.22. The minimum atomic E-state index is -0.252. The maximum absolute atomic E-state index is 12.4. The maximum Gasteiger partial charge on any atom is 0.262 e. The fourth-order valence-electron chi connectivity index (χ4n) is 3.11. The summed E-state index contributed by atoms with van der Waals surface area (Å²) in [7, 11) is 1.58. The summed E-state index contributed by atoms with van der Waals surface area (Å²) < 4.78 is 1.78. The SMILES string of the molecule is BC(=O)N1CCCC(c2nc3c(cnn3C(C)(C)C)c(=O)[nH]2)C1. The first kappa shape index (κ1) is 15.8. The summed E-state index contributed by atoms with van der Waals surface area (Å²) in [5, 5.41) is 4.83. The van der Waals surface area contributed by atoms with Crippen molar-refractivity contribution in [2.24, 2.45) is 0 Å². The van der Waals surface area contributed by atoms with E-state index in [0.29, 0.717) is 23.4 Å². The molecule has 0 aliphatic carbocycles. The number of likely N-dealkylation sites (tertiary alicyclic amines) is 1. The lowest BCUT2D eigenvalue weighted by molar-refractivity contribution is 0.201. The Bertz CT molecular complexity index is 804. The second-order valence-corrected chi connectivity index (χ2v) is 7.22. The lowest BCUT2D eigenvalue weighted by Gasteiger charge is -2.31. The van der Waals surface area contributed by atoms with Crippen LogP contribution in [0.4, 0.5) is 4.79 Å². The van der Waals surface area contributed by atoms with Crippen LogP contribution in [0.3, 0.4) is 0 Å². The minimum Gasteiger partial charge on any atom is -0.351 e. The largest absolute Gasteiger partial charge is 0.351 e. The molecule has 1 amide bonds. The zero-order valence-corrected chi connectivity index (χ0v) is 14.1. The molecule has 1 N–H and O–H groups in total. The van der Waals surface area contributed by atoms with E-state index >= 15 is 0 Å². The van der Waals surface area contributed by atoms with E-state index in [1.54, 1.807) is 18.7 Å². The highest BCUT2D eigenvalue weighted by Crippen LogP contribution is 2.25. The van der Waals surface area contributed by atoms with Crippen molar-refractivity contribution in [1.82, 2.24) is 24.6 Å². The third-order valence-corrected chi connectivity index (χ3v) is 4.35. The minimum absolute atomic E-state index is 0.0630. The van der Waals surface area contributed by atoms with E-state index < -0.39 is 0 Å². The molecule has 2 aromatic heterocycles. The van der Waals surface area contributed by atoms with Gasteiger partial charge in [0.15, 0.2) is 11.5 Å². The van der Waals surface area contributed by atoms with Gasteiger partial charge in [0.1, 0.15) is 11.2 Å². The van der Waals surface area contributed by atoms with Gasteiger partial charge in [-0.15, -0.1) is 0 Å². The van der Waals surface area contributed by atoms with E-state index in [2.05, 4.69) is 15.1 Å². The van der Waals surface area contributed by atoms with E-state index in [1.165, 1.54) is 0 Å². The van der Waals surface area contributed by atoms with Crippen LogP contribution in [0.25, 0.3) is 11.0 Å². The number of hydrogen-bond acceptors (Lipinski definition) is 4. The number of aromatic nitrogens is 4. The monoisotopic (exact) mass is 315 g/mol. The van der Waals surface area contributed by atoms with Gasteiger partial charge in [0.2, 0.25) is 7.85 Å². The normalized spacial score (nSPS) is 19.3. The van der Waals surface area contributed by atoms with Gasteiger partial charge in [-0.1, -0.05) is 0 Å². The Morgan fingerprint density at radius 1 is 1.43 bits per heavy atom. The van der Waals surface area contributed by atoms with Crippen LogP contribution in [-0.4, -0.2) is 51.4 Å². The third kappa shape index (κ3) is 2.89. The molecule has 122 valence electrons. The molecule has 1 aliphatic rings. The Labute approximate surface area is 135 Å². The first-order valence-electron chi connectivity index (χ1n) is 8.01. The number of nitrogens with zero attached hydrogens (tertiary/aromatic N) is 4. The number of H-pyrrole nitrogens is 1. The summed E-state index contributed by atoms with van der Waals surface area (Å²) in [6.07, 6.45) is 3.41. The van der Waals surface area contributed by atoms with Gasteiger partial charge in [-0.05, 0) is 33.6 Å². The molecule has 2 aromatic rings. The van der Waals surface area contributed by atoms with Gasteiger partial charge < -0.3 is 9.88 Å². The molecule has 1 unspecified atom stereocenters. The highest BCUT2D eigenvalue weighted by Gasteiger charge is 2.26. The number of carbonyl (C=O) groups excluding carboxylic acids is 1. The van der Waals surface area contributed by atoms with E-state index in [0.717, 1.165) is 19.4 Å². The third-order valence-electron chi connectivity index (χ3n) is 4.35. The molecule has 0 bridgehead atoms. The van der Waals surface area contributed by atoms with Crippen LogP contribution in [-0.2, 0) is 5.54 Å². The van der Waals surface area contributed by atoms with E-state index in [4.69, 9.17) is 0 Å². The van der Waals surface area contributed by atoms with Crippen LogP contribution < -0.4 is 5.56 Å². The Hall–Kier alpha value is -2.12. The van der Waals surface area contributed by atoms with Crippen LogP contribution in [0.1, 0.15) is 45.4 Å². The Morgan fingerprint density at radius 3 is 2.83 bits per heavy atom. The predicted molar refractivity (Wildman–Crippen MR) is 90.6 cm³/mol. The van der Waals surface area contributed by atoms with Crippen LogP contribution >= 0.6 is 0 Å². The molecule has 1 fully saturated rings. The summed E-state index contributed by atoms with van der Waals surface area (Å²) in [6, 6.07) is 0. The molecular weight excluding hydrogens is 293 g/mol. The van der Waals surface area contributed by atoms with Crippen molar-refractivity contribution >= 4 is 24.7 Å². The highest BCUT2D eigenvalue weighted by molar-refractivity contribution is 6.56. The van der Waals surface area contributed by atoms with Gasteiger partial charge in [0.25, 0.3) is 5.56 Å². The van der Waals surface area contributed by atoms with Crippen molar-refractivity contribution in [3.8, 4) is 0 Å². The van der Waals surface area contributed by atoms with Crippen LogP contribution in [0.15, 0.2) is 11.0 Å². The molecule has 1 saturated heterocycles. The van der Waals surface area contributed by atoms with E-state index in [-0.39, 0.29) is 22.8 Å². The Morgan fingerprint density at radius 2 is 2.17 bits per heavy atom. The van der Waals surface area contributed by atoms with Gasteiger partial charge in [-0.3, -0.25) is 9.59 Å². The van der Waals surface area contributed by atoms with Crippen LogP contribution in [0, 0.1) is 0 Å². The van der Waals surface area contributed by atoms with Gasteiger partial charge >= 0.3 is 0 Å². The molecule has 1 atom stereocenters. The van der Waals surface area contributed by atoms with Crippen LogP contribution in [0.2, 0.25) is 0 Å². The van der Waals surface area contributed by atoms with Crippen molar-refractivity contribution in [2.75, 3.05) is 13.1 Å². The Kier molecular flexibility index (Phi) is 3.78. The number of nitrogens with one attached hydrogen (secondary N) is 1. The highest BCUT2D eigenvalue weighted by atomic mass is 16.1. The summed E-state index contributed by atoms with van der Waals surface area (Å²) in [6.45, 7) is 7.46. The molecule has 3 rings (SSSR count). The van der Waals surface area contributed by atoms with Crippen LogP contribution in [0.5, 0.6) is 0 Å². The molecule has 7 nitrogen and oxygen atoms in total. The molecule has 3 heterocycles. The maximum atomic E-state index is 12.4. The zero-order valence-electron chi connectivity index (χ0n) is 14.1. The molecular formula is C15H22BN5O2. The fraction of sp³-hybridized carbons (Fsp3) is 0.600. The number of fused-ring (bicyclic) bond motifs is 1. The quantitative estimate of drug-likeness (QED) is 0.789. The van der Waals surface area contributed by atoms with Gasteiger partial charge in [-0.25, -0.2) is 9.67 Å². The van der Waals surface area contributed by atoms with Crippen molar-refractivity contribution in [1.29, 1.82) is 0 Å². The average molecular weight is 315 g/mol. The lowest BCUT2D eigenvalue weighted by Crippen LogP contribution is -2.39. The van der Waals surface area contributed by atoms with E-state index in [1.807, 2.05) is 25.7 Å². The molecule has 0 radical (unpaired) electrons. The van der Waals surface area contributed by atoms with Crippen molar-refractivity contribution < 1.29 is 4.79 Å². The number of hydrogen-bond donors (Lipinski definition) is 1. The smallest absolute Gasteiger partial charge is 0.262 e. The van der Waals surface area contributed by atoms with Gasteiger partial charge in [0, 0.05) is 19.0 Å². The van der Waals surface area contributed by atoms with Crippen molar-refractivity contribution in [3.63, 3.8) is 0 Å². The number of rotatable bonds is 1. The molecule has 8 heteroatoms. The summed E-state index contributed by atoms with van der Waals surface area (Å²) in [5.74, 6) is 0.783. The molecule has 0 spiro atoms. The van der Waals surface area contributed by atoms with Gasteiger partial charge in [-0.2, -0.15) is 5.10 Å². The zero-order chi connectivity index (χ0) is 16.8.